The molecule has 2 fully saturated rings. The van der Waals surface area contributed by atoms with Gasteiger partial charge in [-0.05, 0) is 47.9 Å². The summed E-state index contributed by atoms with van der Waals surface area (Å²) in [4.78, 5) is 2.57. The van der Waals surface area contributed by atoms with Crippen molar-refractivity contribution in [2.45, 2.75) is 69.9 Å². The Morgan fingerprint density at radius 3 is 1.89 bits per heavy atom. The molecule has 4 heteroatoms. The lowest BCUT2D eigenvalue weighted by molar-refractivity contribution is -0.172. The molecule has 0 spiro atoms. The van der Waals surface area contributed by atoms with Crippen molar-refractivity contribution in [2.24, 2.45) is 0 Å². The molecule has 5 rings (SSSR count). The third-order valence-electron chi connectivity index (χ3n) is 7.99. The van der Waals surface area contributed by atoms with Gasteiger partial charge in [0.05, 0.1) is 19.3 Å². The fourth-order valence-electron chi connectivity index (χ4n) is 5.74. The number of hydrogen-bond donors (Lipinski definition) is 0. The maximum absolute atomic E-state index is 6.74. The van der Waals surface area contributed by atoms with Crippen LogP contribution in [0.2, 0.25) is 0 Å². The minimum Gasteiger partial charge on any atom is -0.365 e. The van der Waals surface area contributed by atoms with Crippen LogP contribution in [0.15, 0.2) is 84.9 Å². The predicted octanol–water partition coefficient (Wildman–Crippen LogP) is 7.23. The lowest BCUT2D eigenvalue weighted by Crippen LogP contribution is -2.38. The van der Waals surface area contributed by atoms with Gasteiger partial charge in [-0.15, -0.1) is 0 Å². The zero-order valence-electron chi connectivity index (χ0n) is 23.3. The van der Waals surface area contributed by atoms with Gasteiger partial charge in [0.1, 0.15) is 6.10 Å². The SMILES string of the molecule is CC(C)(C)c1ccc(C2(CCCN3CCC(OC(c4ccccc4)c4ccccc4)CC3)OCCO2)cc1. The fraction of sp³-hybridized carbons (Fsp3) is 0.471. The average molecular weight is 514 g/mol. The van der Waals surface area contributed by atoms with E-state index in [4.69, 9.17) is 14.2 Å². The van der Waals surface area contributed by atoms with Crippen molar-refractivity contribution in [3.05, 3.63) is 107 Å². The molecule has 3 aromatic carbocycles. The summed E-state index contributed by atoms with van der Waals surface area (Å²) in [5.41, 5.74) is 5.06. The van der Waals surface area contributed by atoms with Gasteiger partial charge >= 0.3 is 0 Å². The molecule has 2 saturated heterocycles. The molecule has 0 saturated carbocycles. The first-order valence-electron chi connectivity index (χ1n) is 14.3. The molecule has 2 aliphatic rings. The molecule has 0 amide bonds. The van der Waals surface area contributed by atoms with E-state index in [9.17, 15) is 0 Å². The van der Waals surface area contributed by atoms with Gasteiger partial charge in [0.2, 0.25) is 0 Å². The van der Waals surface area contributed by atoms with E-state index in [1.54, 1.807) is 0 Å². The first-order valence-corrected chi connectivity index (χ1v) is 14.3. The van der Waals surface area contributed by atoms with Crippen molar-refractivity contribution in [3.63, 3.8) is 0 Å². The van der Waals surface area contributed by atoms with E-state index < -0.39 is 5.79 Å². The quantitative estimate of drug-likeness (QED) is 0.302. The summed E-state index contributed by atoms with van der Waals surface area (Å²) in [7, 11) is 0. The van der Waals surface area contributed by atoms with E-state index in [0.29, 0.717) is 13.2 Å². The van der Waals surface area contributed by atoms with Crippen LogP contribution in [-0.2, 0) is 25.4 Å². The molecule has 2 heterocycles. The summed E-state index contributed by atoms with van der Waals surface area (Å²) in [6, 6.07) is 30.1. The van der Waals surface area contributed by atoms with Crippen LogP contribution in [0.25, 0.3) is 0 Å². The number of ether oxygens (including phenoxy) is 3. The van der Waals surface area contributed by atoms with E-state index in [-0.39, 0.29) is 17.6 Å². The molecule has 0 bridgehead atoms. The molecular weight excluding hydrogens is 470 g/mol. The Bertz CT molecular complexity index is 1070. The summed E-state index contributed by atoms with van der Waals surface area (Å²) >= 11 is 0. The summed E-state index contributed by atoms with van der Waals surface area (Å²) in [6.07, 6.45) is 4.29. The minimum absolute atomic E-state index is 0.0184. The molecule has 0 aromatic heterocycles. The largest absolute Gasteiger partial charge is 0.365 e. The summed E-state index contributed by atoms with van der Waals surface area (Å²) in [6.45, 7) is 11.3. The standard InChI is InChI=1S/C34H43NO3/c1-33(2,3)29-15-17-30(18-16-29)34(36-25-26-37-34)21-10-22-35-23-19-31(20-24-35)38-32(27-11-6-4-7-12-27)28-13-8-5-9-14-28/h4-9,11-18,31-32H,10,19-26H2,1-3H3. The number of rotatable bonds is 9. The van der Waals surface area contributed by atoms with E-state index >= 15 is 0 Å². The Balaban J connectivity index is 1.14. The van der Waals surface area contributed by atoms with E-state index in [1.165, 1.54) is 16.7 Å². The van der Waals surface area contributed by atoms with Gasteiger partial charge in [0.25, 0.3) is 0 Å². The Hall–Kier alpha value is -2.50. The molecule has 0 N–H and O–H groups in total. The number of nitrogens with zero attached hydrogens (tertiary/aromatic N) is 1. The van der Waals surface area contributed by atoms with Crippen molar-refractivity contribution in [3.8, 4) is 0 Å². The molecule has 0 atom stereocenters. The van der Waals surface area contributed by atoms with Gasteiger partial charge in [-0.2, -0.15) is 0 Å². The molecule has 0 radical (unpaired) electrons. The molecule has 3 aromatic rings. The van der Waals surface area contributed by atoms with Gasteiger partial charge in [-0.25, -0.2) is 0 Å². The molecule has 2 aliphatic heterocycles. The maximum Gasteiger partial charge on any atom is 0.195 e. The van der Waals surface area contributed by atoms with Crippen LogP contribution in [0.1, 0.15) is 74.8 Å². The normalized spacial score (nSPS) is 18.7. The Morgan fingerprint density at radius 2 is 1.37 bits per heavy atom. The topological polar surface area (TPSA) is 30.9 Å². The number of likely N-dealkylation sites (tertiary alicyclic amines) is 1. The Kier molecular flexibility index (Phi) is 8.64. The maximum atomic E-state index is 6.74. The van der Waals surface area contributed by atoms with Crippen molar-refractivity contribution in [2.75, 3.05) is 32.8 Å². The number of benzene rings is 3. The highest BCUT2D eigenvalue weighted by Gasteiger charge is 2.38. The minimum atomic E-state index is -0.601. The lowest BCUT2D eigenvalue weighted by Gasteiger charge is -2.35. The smallest absolute Gasteiger partial charge is 0.195 e. The summed E-state index contributed by atoms with van der Waals surface area (Å²) in [5, 5.41) is 0. The van der Waals surface area contributed by atoms with Crippen molar-refractivity contribution in [1.29, 1.82) is 0 Å². The van der Waals surface area contributed by atoms with Gasteiger partial charge in [-0.3, -0.25) is 0 Å². The molecule has 202 valence electrons. The highest BCUT2D eigenvalue weighted by molar-refractivity contribution is 5.31. The van der Waals surface area contributed by atoms with Crippen LogP contribution >= 0.6 is 0 Å². The second kappa shape index (κ2) is 12.1. The molecule has 38 heavy (non-hydrogen) atoms. The zero-order valence-corrected chi connectivity index (χ0v) is 23.3. The van der Waals surface area contributed by atoms with Gasteiger partial charge in [0, 0.05) is 25.1 Å². The average Bonchev–Trinajstić information content (AvgIpc) is 3.43. The van der Waals surface area contributed by atoms with E-state index in [1.807, 2.05) is 0 Å². The fourth-order valence-corrected chi connectivity index (χ4v) is 5.74. The van der Waals surface area contributed by atoms with Crippen molar-refractivity contribution >= 4 is 0 Å². The van der Waals surface area contributed by atoms with Gasteiger partial charge in [0.15, 0.2) is 5.79 Å². The first kappa shape index (κ1) is 27.1. The highest BCUT2D eigenvalue weighted by atomic mass is 16.7. The van der Waals surface area contributed by atoms with E-state index in [2.05, 4.69) is 111 Å². The molecule has 0 aliphatic carbocycles. The Labute approximate surface area is 228 Å². The van der Waals surface area contributed by atoms with Crippen molar-refractivity contribution < 1.29 is 14.2 Å². The van der Waals surface area contributed by atoms with Crippen LogP contribution < -0.4 is 0 Å². The second-order valence-corrected chi connectivity index (χ2v) is 11.8. The highest BCUT2D eigenvalue weighted by Crippen LogP contribution is 2.37. The summed E-state index contributed by atoms with van der Waals surface area (Å²) in [5.74, 6) is -0.601. The lowest BCUT2D eigenvalue weighted by atomic mass is 9.86. The number of piperidine rings is 1. The van der Waals surface area contributed by atoms with Crippen LogP contribution in [0.5, 0.6) is 0 Å². The second-order valence-electron chi connectivity index (χ2n) is 11.8. The summed E-state index contributed by atoms with van der Waals surface area (Å²) < 4.78 is 19.2. The Morgan fingerprint density at radius 1 is 0.816 bits per heavy atom. The number of hydrogen-bond acceptors (Lipinski definition) is 4. The van der Waals surface area contributed by atoms with Crippen LogP contribution in [0.3, 0.4) is 0 Å². The first-order chi connectivity index (χ1) is 18.4. The third kappa shape index (κ3) is 6.55. The zero-order chi connectivity index (χ0) is 26.4. The van der Waals surface area contributed by atoms with Crippen LogP contribution in [-0.4, -0.2) is 43.9 Å². The molecular formula is C34H43NO3. The van der Waals surface area contributed by atoms with Crippen LogP contribution in [0, 0.1) is 0 Å². The molecule has 0 unspecified atom stereocenters. The predicted molar refractivity (Wildman–Crippen MR) is 153 cm³/mol. The third-order valence-corrected chi connectivity index (χ3v) is 7.99. The van der Waals surface area contributed by atoms with Gasteiger partial charge < -0.3 is 19.1 Å². The molecule has 4 nitrogen and oxygen atoms in total. The van der Waals surface area contributed by atoms with Crippen molar-refractivity contribution in [1.82, 2.24) is 4.90 Å². The van der Waals surface area contributed by atoms with Gasteiger partial charge in [-0.1, -0.05) is 106 Å². The van der Waals surface area contributed by atoms with E-state index in [0.717, 1.165) is 50.9 Å². The van der Waals surface area contributed by atoms with Crippen LogP contribution in [0.4, 0.5) is 0 Å². The monoisotopic (exact) mass is 513 g/mol.